The van der Waals surface area contributed by atoms with Crippen molar-refractivity contribution in [3.05, 3.63) is 0 Å². The average molecular weight is 147 g/mol. The Morgan fingerprint density at radius 3 is 2.10 bits per heavy atom. The second-order valence-corrected chi connectivity index (χ2v) is 3.14. The third kappa shape index (κ3) is 2.25. The van der Waals surface area contributed by atoms with E-state index in [1.54, 1.807) is 0 Å². The molecule has 0 aromatic heterocycles. The van der Waals surface area contributed by atoms with Crippen LogP contribution in [-0.4, -0.2) is 12.2 Å². The van der Waals surface area contributed by atoms with E-state index in [4.69, 9.17) is 5.73 Å². The number of rotatable bonds is 4. The standard InChI is InChI=1S/C8H18FN/c1-4-5-8(9,6-10)7(2)3/h7H,4-6,10H2,1-3H3. The largest absolute Gasteiger partial charge is 0.328 e. The molecule has 10 heavy (non-hydrogen) atoms. The fraction of sp³-hybridized carbons (Fsp3) is 1.00. The van der Waals surface area contributed by atoms with Crippen molar-refractivity contribution in [3.63, 3.8) is 0 Å². The SMILES string of the molecule is CCCC(F)(CN)C(C)C. The van der Waals surface area contributed by atoms with E-state index in [0.29, 0.717) is 6.42 Å². The molecule has 0 saturated heterocycles. The molecule has 0 aliphatic rings. The number of alkyl halides is 1. The van der Waals surface area contributed by atoms with Crippen molar-refractivity contribution in [1.29, 1.82) is 0 Å². The first kappa shape index (κ1) is 9.89. The summed E-state index contributed by atoms with van der Waals surface area (Å²) in [4.78, 5) is 0. The molecule has 0 rings (SSSR count). The van der Waals surface area contributed by atoms with Crippen LogP contribution in [0.3, 0.4) is 0 Å². The maximum atomic E-state index is 13.5. The third-order valence-corrected chi connectivity index (χ3v) is 2.04. The molecular weight excluding hydrogens is 129 g/mol. The van der Waals surface area contributed by atoms with Gasteiger partial charge in [-0.1, -0.05) is 27.2 Å². The zero-order chi connectivity index (χ0) is 8.20. The van der Waals surface area contributed by atoms with Gasteiger partial charge in [0.1, 0.15) is 5.67 Å². The summed E-state index contributed by atoms with van der Waals surface area (Å²) in [5.41, 5.74) is 4.19. The normalized spacial score (nSPS) is 17.4. The van der Waals surface area contributed by atoms with E-state index in [0.717, 1.165) is 6.42 Å². The predicted molar refractivity (Wildman–Crippen MR) is 42.6 cm³/mol. The Hall–Kier alpha value is -0.110. The molecule has 0 aliphatic heterocycles. The molecular formula is C8H18FN. The minimum atomic E-state index is -1.13. The van der Waals surface area contributed by atoms with E-state index in [-0.39, 0.29) is 12.5 Å². The molecule has 0 aromatic carbocycles. The maximum Gasteiger partial charge on any atom is 0.125 e. The molecule has 0 spiro atoms. The fourth-order valence-corrected chi connectivity index (χ4v) is 1.04. The Labute approximate surface area is 62.8 Å². The average Bonchev–Trinajstić information content (AvgIpc) is 1.88. The zero-order valence-corrected chi connectivity index (χ0v) is 7.15. The van der Waals surface area contributed by atoms with Crippen molar-refractivity contribution >= 4 is 0 Å². The summed E-state index contributed by atoms with van der Waals surface area (Å²) < 4.78 is 13.5. The molecule has 2 heteroatoms. The van der Waals surface area contributed by atoms with Gasteiger partial charge in [0.05, 0.1) is 0 Å². The van der Waals surface area contributed by atoms with Gasteiger partial charge in [-0.05, 0) is 12.3 Å². The van der Waals surface area contributed by atoms with Crippen LogP contribution in [-0.2, 0) is 0 Å². The monoisotopic (exact) mass is 147 g/mol. The highest BCUT2D eigenvalue weighted by molar-refractivity contribution is 4.82. The smallest absolute Gasteiger partial charge is 0.125 e. The van der Waals surface area contributed by atoms with E-state index in [1.807, 2.05) is 20.8 Å². The van der Waals surface area contributed by atoms with Crippen LogP contribution in [0.4, 0.5) is 4.39 Å². The Morgan fingerprint density at radius 2 is 2.00 bits per heavy atom. The van der Waals surface area contributed by atoms with Crippen LogP contribution < -0.4 is 5.73 Å². The second-order valence-electron chi connectivity index (χ2n) is 3.14. The number of hydrogen-bond donors (Lipinski definition) is 1. The second kappa shape index (κ2) is 3.91. The molecule has 62 valence electrons. The van der Waals surface area contributed by atoms with Crippen molar-refractivity contribution in [2.45, 2.75) is 39.3 Å². The predicted octanol–water partition coefficient (Wildman–Crippen LogP) is 2.11. The van der Waals surface area contributed by atoms with E-state index in [9.17, 15) is 4.39 Å². The molecule has 0 aliphatic carbocycles. The van der Waals surface area contributed by atoms with Gasteiger partial charge < -0.3 is 5.73 Å². The van der Waals surface area contributed by atoms with Crippen molar-refractivity contribution in [2.75, 3.05) is 6.54 Å². The lowest BCUT2D eigenvalue weighted by atomic mass is 9.88. The molecule has 0 heterocycles. The molecule has 0 saturated carbocycles. The van der Waals surface area contributed by atoms with Crippen molar-refractivity contribution < 1.29 is 4.39 Å². The third-order valence-electron chi connectivity index (χ3n) is 2.04. The van der Waals surface area contributed by atoms with E-state index in [1.165, 1.54) is 0 Å². The number of hydrogen-bond acceptors (Lipinski definition) is 1. The lowest BCUT2D eigenvalue weighted by molar-refractivity contribution is 0.0980. The van der Waals surface area contributed by atoms with Crippen LogP contribution in [0.2, 0.25) is 0 Å². The Morgan fingerprint density at radius 1 is 1.50 bits per heavy atom. The first-order valence-electron chi connectivity index (χ1n) is 3.95. The van der Waals surface area contributed by atoms with Gasteiger partial charge in [0, 0.05) is 6.54 Å². The molecule has 0 bridgehead atoms. The summed E-state index contributed by atoms with van der Waals surface area (Å²) >= 11 is 0. The summed E-state index contributed by atoms with van der Waals surface area (Å²) in [7, 11) is 0. The van der Waals surface area contributed by atoms with Crippen LogP contribution in [0, 0.1) is 5.92 Å². The summed E-state index contributed by atoms with van der Waals surface area (Å²) in [6.07, 6.45) is 1.45. The van der Waals surface area contributed by atoms with E-state index >= 15 is 0 Å². The molecule has 2 N–H and O–H groups in total. The molecule has 0 amide bonds. The lowest BCUT2D eigenvalue weighted by Gasteiger charge is -2.27. The van der Waals surface area contributed by atoms with Crippen LogP contribution in [0.25, 0.3) is 0 Å². The first-order chi connectivity index (χ1) is 4.56. The van der Waals surface area contributed by atoms with Gasteiger partial charge >= 0.3 is 0 Å². The van der Waals surface area contributed by atoms with E-state index < -0.39 is 5.67 Å². The minimum Gasteiger partial charge on any atom is -0.328 e. The van der Waals surface area contributed by atoms with Crippen LogP contribution in [0.15, 0.2) is 0 Å². The van der Waals surface area contributed by atoms with Gasteiger partial charge in [-0.25, -0.2) is 4.39 Å². The maximum absolute atomic E-state index is 13.5. The molecule has 1 unspecified atom stereocenters. The zero-order valence-electron chi connectivity index (χ0n) is 7.15. The fourth-order valence-electron chi connectivity index (χ4n) is 1.04. The van der Waals surface area contributed by atoms with Gasteiger partial charge in [0.25, 0.3) is 0 Å². The van der Waals surface area contributed by atoms with Gasteiger partial charge in [0.2, 0.25) is 0 Å². The molecule has 1 nitrogen and oxygen atoms in total. The quantitative estimate of drug-likeness (QED) is 0.647. The highest BCUT2D eigenvalue weighted by atomic mass is 19.1. The highest BCUT2D eigenvalue weighted by Gasteiger charge is 2.30. The van der Waals surface area contributed by atoms with Crippen LogP contribution >= 0.6 is 0 Å². The topological polar surface area (TPSA) is 26.0 Å². The Kier molecular flexibility index (Phi) is 3.87. The van der Waals surface area contributed by atoms with Crippen molar-refractivity contribution in [3.8, 4) is 0 Å². The van der Waals surface area contributed by atoms with Gasteiger partial charge in [-0.3, -0.25) is 0 Å². The number of nitrogens with two attached hydrogens (primary N) is 1. The minimum absolute atomic E-state index is 0.0393. The number of halogens is 1. The summed E-state index contributed by atoms with van der Waals surface area (Å²) in [6, 6.07) is 0. The Balaban J connectivity index is 3.94. The molecule has 0 radical (unpaired) electrons. The first-order valence-corrected chi connectivity index (χ1v) is 3.95. The summed E-state index contributed by atoms with van der Waals surface area (Å²) in [6.45, 7) is 5.88. The molecule has 0 aromatic rings. The lowest BCUT2D eigenvalue weighted by Crippen LogP contribution is -2.38. The highest BCUT2D eigenvalue weighted by Crippen LogP contribution is 2.25. The molecule has 1 atom stereocenters. The van der Waals surface area contributed by atoms with Crippen molar-refractivity contribution in [1.82, 2.24) is 0 Å². The van der Waals surface area contributed by atoms with Gasteiger partial charge in [-0.2, -0.15) is 0 Å². The van der Waals surface area contributed by atoms with Crippen LogP contribution in [0.1, 0.15) is 33.6 Å². The summed E-state index contributed by atoms with van der Waals surface area (Å²) in [5, 5.41) is 0. The van der Waals surface area contributed by atoms with Gasteiger partial charge in [0.15, 0.2) is 0 Å². The summed E-state index contributed by atoms with van der Waals surface area (Å²) in [5.74, 6) is 0.0393. The van der Waals surface area contributed by atoms with Crippen LogP contribution in [0.5, 0.6) is 0 Å². The van der Waals surface area contributed by atoms with Crippen molar-refractivity contribution in [2.24, 2.45) is 11.7 Å². The van der Waals surface area contributed by atoms with E-state index in [2.05, 4.69) is 0 Å². The molecule has 0 fully saturated rings. The Bertz CT molecular complexity index is 93.3. The van der Waals surface area contributed by atoms with Gasteiger partial charge in [-0.15, -0.1) is 0 Å².